The lowest BCUT2D eigenvalue weighted by Crippen LogP contribution is -2.48. The summed E-state index contributed by atoms with van der Waals surface area (Å²) in [5.74, 6) is -1.10. The maximum absolute atomic E-state index is 14.5. The zero-order chi connectivity index (χ0) is 22.7. The van der Waals surface area contributed by atoms with Crippen molar-refractivity contribution in [2.24, 2.45) is 0 Å². The van der Waals surface area contributed by atoms with Crippen LogP contribution >= 0.6 is 11.6 Å². The number of hydrogen-bond acceptors (Lipinski definition) is 4. The van der Waals surface area contributed by atoms with Gasteiger partial charge in [-0.2, -0.15) is 4.31 Å². The molecule has 2 saturated heterocycles. The van der Waals surface area contributed by atoms with Gasteiger partial charge in [-0.15, -0.1) is 0 Å². The maximum atomic E-state index is 14.5. The predicted molar refractivity (Wildman–Crippen MR) is 122 cm³/mol. The highest BCUT2D eigenvalue weighted by atomic mass is 35.5. The van der Waals surface area contributed by atoms with Gasteiger partial charge in [0, 0.05) is 56.4 Å². The van der Waals surface area contributed by atoms with Gasteiger partial charge in [-0.3, -0.25) is 9.69 Å². The molecular weight excluding hydrogens is 453 g/mol. The Bertz CT molecular complexity index is 1080. The number of carbonyl (C=O) groups excluding carboxylic acids is 1. The van der Waals surface area contributed by atoms with Gasteiger partial charge in [0.2, 0.25) is 10.0 Å². The number of nitrogens with zero attached hydrogens (tertiary/aromatic N) is 3. The molecule has 2 aromatic carbocycles. The van der Waals surface area contributed by atoms with Gasteiger partial charge in [-0.25, -0.2) is 12.8 Å². The molecule has 4 rings (SSSR count). The van der Waals surface area contributed by atoms with E-state index in [0.717, 1.165) is 37.4 Å². The van der Waals surface area contributed by atoms with Crippen LogP contribution < -0.4 is 0 Å². The Labute approximate surface area is 193 Å². The second-order valence-corrected chi connectivity index (χ2v) is 10.7. The minimum atomic E-state index is -3.96. The van der Waals surface area contributed by atoms with Crippen molar-refractivity contribution in [3.05, 3.63) is 64.4 Å². The van der Waals surface area contributed by atoms with Crippen molar-refractivity contribution in [2.75, 3.05) is 39.3 Å². The largest absolute Gasteiger partial charge is 0.336 e. The average molecular weight is 480 g/mol. The molecule has 2 aliphatic rings. The molecule has 0 atom stereocenters. The van der Waals surface area contributed by atoms with Crippen LogP contribution in [-0.2, 0) is 16.6 Å². The standard InChI is InChI=1S/C23H27ClFN3O3S/c24-20-6-4-5-18(15-20)17-26-11-13-27(14-12-26)23(29)19-7-8-21(25)22(16-19)32(30,31)28-9-2-1-3-10-28/h4-8,15-16H,1-3,9-14,17H2. The van der Waals surface area contributed by atoms with Crippen LogP contribution in [0, 0.1) is 5.82 Å². The number of hydrogen-bond donors (Lipinski definition) is 0. The normalized spacial score (nSPS) is 18.6. The number of piperidine rings is 1. The predicted octanol–water partition coefficient (Wildman–Crippen LogP) is 3.61. The first-order valence-electron chi connectivity index (χ1n) is 10.9. The SMILES string of the molecule is O=C(c1ccc(F)c(S(=O)(=O)N2CCCCC2)c1)N1CCN(Cc2cccc(Cl)c2)CC1. The average Bonchev–Trinajstić information content (AvgIpc) is 2.80. The lowest BCUT2D eigenvalue weighted by molar-refractivity contribution is 0.0628. The fourth-order valence-corrected chi connectivity index (χ4v) is 6.08. The molecule has 172 valence electrons. The number of benzene rings is 2. The van der Waals surface area contributed by atoms with E-state index in [1.807, 2.05) is 24.3 Å². The van der Waals surface area contributed by atoms with Gasteiger partial charge in [0.1, 0.15) is 10.7 Å². The molecule has 2 heterocycles. The van der Waals surface area contributed by atoms with E-state index < -0.39 is 20.7 Å². The van der Waals surface area contributed by atoms with E-state index in [-0.39, 0.29) is 11.5 Å². The van der Waals surface area contributed by atoms with Crippen molar-refractivity contribution < 1.29 is 17.6 Å². The highest BCUT2D eigenvalue weighted by Crippen LogP contribution is 2.25. The Morgan fingerprint density at radius 1 is 0.938 bits per heavy atom. The fraction of sp³-hybridized carbons (Fsp3) is 0.435. The first-order chi connectivity index (χ1) is 15.3. The van der Waals surface area contributed by atoms with Crippen LogP contribution in [0.15, 0.2) is 47.4 Å². The summed E-state index contributed by atoms with van der Waals surface area (Å²) in [4.78, 5) is 16.6. The summed E-state index contributed by atoms with van der Waals surface area (Å²) in [5.41, 5.74) is 1.31. The minimum Gasteiger partial charge on any atom is -0.336 e. The summed E-state index contributed by atoms with van der Waals surface area (Å²) >= 11 is 6.06. The van der Waals surface area contributed by atoms with Crippen LogP contribution in [0.2, 0.25) is 5.02 Å². The molecule has 32 heavy (non-hydrogen) atoms. The highest BCUT2D eigenvalue weighted by Gasteiger charge is 2.30. The Morgan fingerprint density at radius 3 is 2.34 bits per heavy atom. The molecule has 0 spiro atoms. The summed E-state index contributed by atoms with van der Waals surface area (Å²) in [6, 6.07) is 11.4. The Morgan fingerprint density at radius 2 is 1.66 bits per heavy atom. The number of piperazine rings is 1. The van der Waals surface area contributed by atoms with Crippen molar-refractivity contribution in [3.8, 4) is 0 Å². The number of amides is 1. The molecule has 6 nitrogen and oxygen atoms in total. The van der Waals surface area contributed by atoms with Gasteiger partial charge in [-0.1, -0.05) is 30.2 Å². The van der Waals surface area contributed by atoms with Gasteiger partial charge >= 0.3 is 0 Å². The molecule has 0 radical (unpaired) electrons. The fourth-order valence-electron chi connectivity index (χ4n) is 4.26. The minimum absolute atomic E-state index is 0.199. The van der Waals surface area contributed by atoms with Crippen LogP contribution in [-0.4, -0.2) is 67.7 Å². The lowest BCUT2D eigenvalue weighted by Gasteiger charge is -2.35. The van der Waals surface area contributed by atoms with Gasteiger partial charge in [0.15, 0.2) is 0 Å². The van der Waals surface area contributed by atoms with Gasteiger partial charge in [0.05, 0.1) is 0 Å². The van der Waals surface area contributed by atoms with Crippen molar-refractivity contribution in [2.45, 2.75) is 30.7 Å². The summed E-state index contributed by atoms with van der Waals surface area (Å²) in [7, 11) is -3.96. The zero-order valence-corrected chi connectivity index (χ0v) is 19.4. The van der Waals surface area contributed by atoms with E-state index in [1.165, 1.54) is 16.4 Å². The molecule has 9 heteroatoms. The summed E-state index contributed by atoms with van der Waals surface area (Å²) in [6.45, 7) is 3.94. The first-order valence-corrected chi connectivity index (χ1v) is 12.7. The molecule has 2 aromatic rings. The van der Waals surface area contributed by atoms with E-state index >= 15 is 0 Å². The van der Waals surface area contributed by atoms with Gasteiger partial charge in [-0.05, 0) is 48.7 Å². The zero-order valence-electron chi connectivity index (χ0n) is 17.8. The first kappa shape index (κ1) is 23.2. The van der Waals surface area contributed by atoms with Crippen LogP contribution in [0.1, 0.15) is 35.2 Å². The summed E-state index contributed by atoms with van der Waals surface area (Å²) < 4.78 is 41.7. The number of halogens is 2. The molecule has 0 unspecified atom stereocenters. The van der Waals surface area contributed by atoms with Crippen molar-refractivity contribution in [1.29, 1.82) is 0 Å². The van der Waals surface area contributed by atoms with Crippen molar-refractivity contribution in [3.63, 3.8) is 0 Å². The number of carbonyl (C=O) groups is 1. The van der Waals surface area contributed by atoms with E-state index in [0.29, 0.717) is 44.3 Å². The third-order valence-corrected chi connectivity index (χ3v) is 8.21. The van der Waals surface area contributed by atoms with Crippen LogP contribution in [0.25, 0.3) is 0 Å². The van der Waals surface area contributed by atoms with Gasteiger partial charge < -0.3 is 4.90 Å². The Balaban J connectivity index is 1.43. The molecule has 0 aromatic heterocycles. The topological polar surface area (TPSA) is 60.9 Å². The summed E-state index contributed by atoms with van der Waals surface area (Å²) in [5, 5.41) is 0.697. The van der Waals surface area contributed by atoms with Crippen LogP contribution in [0.5, 0.6) is 0 Å². The molecule has 0 aliphatic carbocycles. The number of sulfonamides is 1. The third-order valence-electron chi connectivity index (χ3n) is 6.07. The summed E-state index contributed by atoms with van der Waals surface area (Å²) in [6.07, 6.45) is 2.49. The van der Waals surface area contributed by atoms with E-state index in [9.17, 15) is 17.6 Å². The Kier molecular flexibility index (Phi) is 7.14. The van der Waals surface area contributed by atoms with E-state index in [1.54, 1.807) is 4.90 Å². The van der Waals surface area contributed by atoms with Crippen LogP contribution in [0.3, 0.4) is 0 Å². The molecule has 0 saturated carbocycles. The van der Waals surface area contributed by atoms with Gasteiger partial charge in [0.25, 0.3) is 5.91 Å². The van der Waals surface area contributed by atoms with E-state index in [2.05, 4.69) is 4.90 Å². The lowest BCUT2D eigenvalue weighted by atomic mass is 10.1. The number of rotatable bonds is 5. The molecule has 0 N–H and O–H groups in total. The highest BCUT2D eigenvalue weighted by molar-refractivity contribution is 7.89. The third kappa shape index (κ3) is 5.14. The molecular formula is C23H27ClFN3O3S. The Hall–Kier alpha value is -2.00. The monoisotopic (exact) mass is 479 g/mol. The molecule has 0 bridgehead atoms. The second kappa shape index (κ2) is 9.87. The molecule has 1 amide bonds. The maximum Gasteiger partial charge on any atom is 0.253 e. The second-order valence-electron chi connectivity index (χ2n) is 8.31. The van der Waals surface area contributed by atoms with E-state index in [4.69, 9.17) is 11.6 Å². The molecule has 2 fully saturated rings. The van der Waals surface area contributed by atoms with Crippen molar-refractivity contribution >= 4 is 27.5 Å². The molecule has 2 aliphatic heterocycles. The van der Waals surface area contributed by atoms with Crippen molar-refractivity contribution in [1.82, 2.24) is 14.1 Å². The quantitative estimate of drug-likeness (QED) is 0.657. The van der Waals surface area contributed by atoms with Crippen LogP contribution in [0.4, 0.5) is 4.39 Å². The smallest absolute Gasteiger partial charge is 0.253 e.